The zero-order valence-corrected chi connectivity index (χ0v) is 16.3. The van der Waals surface area contributed by atoms with Crippen molar-refractivity contribution in [1.82, 2.24) is 4.98 Å². The summed E-state index contributed by atoms with van der Waals surface area (Å²) in [7, 11) is 0. The summed E-state index contributed by atoms with van der Waals surface area (Å²) in [6.45, 7) is 8.12. The van der Waals surface area contributed by atoms with Gasteiger partial charge < -0.3 is 5.32 Å². The fraction of sp³-hybridized carbons (Fsp3) is 0.250. The van der Waals surface area contributed by atoms with E-state index in [4.69, 9.17) is 0 Å². The summed E-state index contributed by atoms with van der Waals surface area (Å²) in [6.07, 6.45) is 3.53. The zero-order chi connectivity index (χ0) is 20.1. The van der Waals surface area contributed by atoms with E-state index in [9.17, 15) is 9.18 Å². The van der Waals surface area contributed by atoms with Crippen LogP contribution in [0.3, 0.4) is 0 Å². The summed E-state index contributed by atoms with van der Waals surface area (Å²) in [6, 6.07) is 16.5. The van der Waals surface area contributed by atoms with Crippen LogP contribution in [0.1, 0.15) is 32.3 Å². The van der Waals surface area contributed by atoms with Crippen molar-refractivity contribution in [3.8, 4) is 0 Å². The molecule has 144 valence electrons. The molecule has 3 aromatic rings. The van der Waals surface area contributed by atoms with E-state index in [0.717, 1.165) is 17.6 Å². The van der Waals surface area contributed by atoms with E-state index in [-0.39, 0.29) is 11.7 Å². The number of hydrogen-bond acceptors (Lipinski definition) is 2. The van der Waals surface area contributed by atoms with Crippen LogP contribution in [0.4, 0.5) is 10.1 Å². The number of aromatic nitrogens is 1. The molecule has 3 rings (SSSR count). The molecule has 1 aromatic heterocycles. The van der Waals surface area contributed by atoms with Crippen molar-refractivity contribution in [2.75, 3.05) is 5.32 Å². The average Bonchev–Trinajstić information content (AvgIpc) is 2.68. The van der Waals surface area contributed by atoms with Crippen LogP contribution in [0, 0.1) is 11.2 Å². The molecule has 2 aromatic carbocycles. The van der Waals surface area contributed by atoms with Crippen molar-refractivity contribution in [2.45, 2.75) is 33.1 Å². The monoisotopic (exact) mass is 376 g/mol. The Bertz CT molecular complexity index is 1000. The van der Waals surface area contributed by atoms with Gasteiger partial charge in [-0.05, 0) is 37.0 Å². The fourth-order valence-electron chi connectivity index (χ4n) is 3.42. The molecule has 0 bridgehead atoms. The lowest BCUT2D eigenvalue weighted by atomic mass is 9.77. The topological polar surface area (TPSA) is 42.0 Å². The number of anilines is 1. The van der Waals surface area contributed by atoms with Crippen LogP contribution in [0.2, 0.25) is 0 Å². The van der Waals surface area contributed by atoms with Gasteiger partial charge in [-0.15, -0.1) is 0 Å². The van der Waals surface area contributed by atoms with Gasteiger partial charge in [0, 0.05) is 5.39 Å². The van der Waals surface area contributed by atoms with Crippen LogP contribution in [-0.2, 0) is 11.2 Å². The molecule has 3 nitrogen and oxygen atoms in total. The predicted octanol–water partition coefficient (Wildman–Crippen LogP) is 5.92. The number of halogens is 1. The van der Waals surface area contributed by atoms with Crippen LogP contribution in [0.15, 0.2) is 72.9 Å². The number of carbonyl (C=O) groups excluding carboxylic acids is 1. The van der Waals surface area contributed by atoms with Crippen molar-refractivity contribution in [3.05, 3.63) is 84.3 Å². The molecule has 1 atom stereocenters. The molecule has 0 aliphatic carbocycles. The number of rotatable bonds is 7. The second-order valence-corrected chi connectivity index (χ2v) is 7.49. The highest BCUT2D eigenvalue weighted by atomic mass is 19.1. The van der Waals surface area contributed by atoms with Gasteiger partial charge in [-0.3, -0.25) is 9.78 Å². The first kappa shape index (κ1) is 19.7. The van der Waals surface area contributed by atoms with E-state index in [1.807, 2.05) is 44.2 Å². The standard InChI is InChI=1S/C24H25FN2O/c1-4-17(2)14-24(3,15-18-9-6-5-7-10-18)23(28)27-20-13-19-11-8-12-21(25)22(19)26-16-20/h5-13,16H,2,4,14-15H2,1,3H3,(H,27,28). The maximum absolute atomic E-state index is 13.8. The van der Waals surface area contributed by atoms with E-state index in [0.29, 0.717) is 29.4 Å². The number of amides is 1. The molecule has 0 aliphatic rings. The third kappa shape index (κ3) is 4.45. The highest BCUT2D eigenvalue weighted by Crippen LogP contribution is 2.33. The van der Waals surface area contributed by atoms with Crippen molar-refractivity contribution < 1.29 is 9.18 Å². The molecule has 1 amide bonds. The van der Waals surface area contributed by atoms with E-state index >= 15 is 0 Å². The van der Waals surface area contributed by atoms with Gasteiger partial charge in [0.25, 0.3) is 0 Å². The van der Waals surface area contributed by atoms with Gasteiger partial charge in [0.05, 0.1) is 17.3 Å². The SMILES string of the molecule is C=C(CC)CC(C)(Cc1ccccc1)C(=O)Nc1cnc2c(F)cccc2c1. The molecular weight excluding hydrogens is 351 g/mol. The van der Waals surface area contributed by atoms with E-state index in [2.05, 4.69) is 16.9 Å². The summed E-state index contributed by atoms with van der Waals surface area (Å²) in [4.78, 5) is 17.4. The predicted molar refractivity (Wildman–Crippen MR) is 113 cm³/mol. The molecule has 4 heteroatoms. The van der Waals surface area contributed by atoms with Crippen LogP contribution < -0.4 is 5.32 Å². The minimum Gasteiger partial charge on any atom is -0.324 e. The minimum absolute atomic E-state index is 0.0940. The number of fused-ring (bicyclic) bond motifs is 1. The summed E-state index contributed by atoms with van der Waals surface area (Å²) in [5.74, 6) is -0.466. The lowest BCUT2D eigenvalue weighted by Gasteiger charge is -2.29. The Labute approximate surface area is 165 Å². The van der Waals surface area contributed by atoms with Crippen molar-refractivity contribution in [3.63, 3.8) is 0 Å². The molecule has 0 saturated heterocycles. The molecule has 0 radical (unpaired) electrons. The molecule has 1 N–H and O–H groups in total. The van der Waals surface area contributed by atoms with Gasteiger partial charge in [0.1, 0.15) is 11.3 Å². The van der Waals surface area contributed by atoms with Gasteiger partial charge in [-0.2, -0.15) is 0 Å². The Balaban J connectivity index is 1.87. The number of carbonyl (C=O) groups is 1. The number of benzene rings is 2. The number of pyridine rings is 1. The molecule has 0 aliphatic heterocycles. The van der Waals surface area contributed by atoms with Gasteiger partial charge >= 0.3 is 0 Å². The number of para-hydroxylation sites is 1. The molecular formula is C24H25FN2O. The minimum atomic E-state index is -0.647. The highest BCUT2D eigenvalue weighted by molar-refractivity contribution is 5.97. The third-order valence-corrected chi connectivity index (χ3v) is 5.05. The number of hydrogen-bond donors (Lipinski definition) is 1. The first-order valence-electron chi connectivity index (χ1n) is 9.47. The smallest absolute Gasteiger partial charge is 0.231 e. The quantitative estimate of drug-likeness (QED) is 0.520. The van der Waals surface area contributed by atoms with E-state index in [1.165, 1.54) is 12.3 Å². The van der Waals surface area contributed by atoms with E-state index < -0.39 is 5.41 Å². The average molecular weight is 376 g/mol. The largest absolute Gasteiger partial charge is 0.324 e. The number of nitrogens with zero attached hydrogens (tertiary/aromatic N) is 1. The van der Waals surface area contributed by atoms with E-state index in [1.54, 1.807) is 18.2 Å². The van der Waals surface area contributed by atoms with Gasteiger partial charge in [0.15, 0.2) is 0 Å². The Morgan fingerprint density at radius 2 is 1.93 bits per heavy atom. The molecule has 0 spiro atoms. The highest BCUT2D eigenvalue weighted by Gasteiger charge is 2.34. The van der Waals surface area contributed by atoms with Gasteiger partial charge in [-0.25, -0.2) is 4.39 Å². The Kier molecular flexibility index (Phi) is 5.88. The van der Waals surface area contributed by atoms with Gasteiger partial charge in [0.2, 0.25) is 5.91 Å². The molecule has 28 heavy (non-hydrogen) atoms. The maximum Gasteiger partial charge on any atom is 0.231 e. The lowest BCUT2D eigenvalue weighted by molar-refractivity contribution is -0.124. The second-order valence-electron chi connectivity index (χ2n) is 7.49. The first-order valence-corrected chi connectivity index (χ1v) is 9.47. The normalized spacial score (nSPS) is 13.1. The van der Waals surface area contributed by atoms with Crippen LogP contribution in [0.5, 0.6) is 0 Å². The summed E-state index contributed by atoms with van der Waals surface area (Å²) in [5, 5.41) is 3.63. The molecule has 1 heterocycles. The Morgan fingerprint density at radius 1 is 1.18 bits per heavy atom. The summed E-state index contributed by atoms with van der Waals surface area (Å²) < 4.78 is 13.8. The van der Waals surface area contributed by atoms with Crippen molar-refractivity contribution in [2.24, 2.45) is 5.41 Å². The number of nitrogens with one attached hydrogen (secondary N) is 1. The molecule has 0 saturated carbocycles. The summed E-state index contributed by atoms with van der Waals surface area (Å²) in [5.41, 5.74) is 2.34. The Hall–Kier alpha value is -3.01. The Morgan fingerprint density at radius 3 is 2.64 bits per heavy atom. The zero-order valence-electron chi connectivity index (χ0n) is 16.3. The van der Waals surface area contributed by atoms with Crippen LogP contribution in [0.25, 0.3) is 10.9 Å². The van der Waals surface area contributed by atoms with Gasteiger partial charge in [-0.1, -0.05) is 68.5 Å². The fourth-order valence-corrected chi connectivity index (χ4v) is 3.42. The van der Waals surface area contributed by atoms with Crippen molar-refractivity contribution in [1.29, 1.82) is 0 Å². The maximum atomic E-state index is 13.8. The lowest BCUT2D eigenvalue weighted by Crippen LogP contribution is -2.36. The van der Waals surface area contributed by atoms with Crippen molar-refractivity contribution >= 4 is 22.5 Å². The summed E-state index contributed by atoms with van der Waals surface area (Å²) >= 11 is 0. The van der Waals surface area contributed by atoms with Crippen LogP contribution in [-0.4, -0.2) is 10.9 Å². The number of allylic oxidation sites excluding steroid dienone is 1. The van der Waals surface area contributed by atoms with Crippen LogP contribution >= 0.6 is 0 Å². The molecule has 0 fully saturated rings. The molecule has 1 unspecified atom stereocenters. The third-order valence-electron chi connectivity index (χ3n) is 5.05. The first-order chi connectivity index (χ1) is 13.4. The second kappa shape index (κ2) is 8.34.